The lowest BCUT2D eigenvalue weighted by molar-refractivity contribution is -0.124. The number of nitrogens with one attached hydrogen (secondary N) is 1. The van der Waals surface area contributed by atoms with E-state index in [0.29, 0.717) is 13.0 Å². The van der Waals surface area contributed by atoms with Crippen LogP contribution in [-0.4, -0.2) is 29.1 Å². The molecule has 0 radical (unpaired) electrons. The van der Waals surface area contributed by atoms with Gasteiger partial charge in [-0.1, -0.05) is 23.4 Å². The Kier molecular flexibility index (Phi) is 3.83. The van der Waals surface area contributed by atoms with Crippen LogP contribution in [0.3, 0.4) is 0 Å². The van der Waals surface area contributed by atoms with Crippen LogP contribution in [0.25, 0.3) is 0 Å². The van der Waals surface area contributed by atoms with E-state index < -0.39 is 5.54 Å². The first-order valence-electron chi connectivity index (χ1n) is 6.47. The second kappa shape index (κ2) is 5.40. The Morgan fingerprint density at radius 2 is 2.20 bits per heavy atom. The lowest BCUT2D eigenvalue weighted by Gasteiger charge is -2.30. The van der Waals surface area contributed by atoms with Crippen molar-refractivity contribution in [3.05, 3.63) is 29.8 Å². The van der Waals surface area contributed by atoms with Crippen molar-refractivity contribution in [2.45, 2.75) is 31.7 Å². The van der Waals surface area contributed by atoms with E-state index in [1.54, 1.807) is 13.8 Å². The van der Waals surface area contributed by atoms with Crippen molar-refractivity contribution in [1.82, 2.24) is 5.32 Å². The molecule has 0 spiro atoms. The van der Waals surface area contributed by atoms with Gasteiger partial charge in [0.05, 0.1) is 18.1 Å². The fourth-order valence-electron chi connectivity index (χ4n) is 2.20. The molecule has 0 fully saturated rings. The van der Waals surface area contributed by atoms with Gasteiger partial charge in [0.25, 0.3) is 0 Å². The van der Waals surface area contributed by atoms with Gasteiger partial charge in [0.1, 0.15) is 5.75 Å². The molecule has 1 aromatic carbocycles. The summed E-state index contributed by atoms with van der Waals surface area (Å²) in [6, 6.07) is 7.49. The van der Waals surface area contributed by atoms with Gasteiger partial charge >= 0.3 is 0 Å². The molecule has 6 nitrogen and oxygen atoms in total. The topological polar surface area (TPSA) is 96.9 Å². The molecule has 108 valence electrons. The van der Waals surface area contributed by atoms with Crippen LogP contribution in [0.2, 0.25) is 0 Å². The first-order chi connectivity index (χ1) is 9.45. The number of amidine groups is 1. The van der Waals surface area contributed by atoms with Gasteiger partial charge in [-0.05, 0) is 26.3 Å². The zero-order chi connectivity index (χ0) is 14.8. The molecule has 0 saturated heterocycles. The lowest BCUT2D eigenvalue weighted by Crippen LogP contribution is -2.54. The van der Waals surface area contributed by atoms with E-state index in [4.69, 9.17) is 15.7 Å². The molecule has 0 aliphatic carbocycles. The maximum atomic E-state index is 12.4. The second-order valence-corrected chi connectivity index (χ2v) is 5.33. The molecule has 1 aromatic rings. The minimum atomic E-state index is -0.904. The second-order valence-electron chi connectivity index (χ2n) is 5.33. The van der Waals surface area contributed by atoms with Gasteiger partial charge in [-0.25, -0.2) is 0 Å². The summed E-state index contributed by atoms with van der Waals surface area (Å²) in [5.74, 6) is 0.259. The standard InChI is InChI=1S/C14H19N3O3/c1-14(2,13(15)17-19)16-12(18)10-7-8-20-11-6-4-3-5-9(10)11/h3-6,10,19H,7-8H2,1-2H3,(H2,15,17)(H,16,18). The van der Waals surface area contributed by atoms with Crippen LogP contribution in [0.5, 0.6) is 5.75 Å². The van der Waals surface area contributed by atoms with Crippen molar-refractivity contribution in [3.63, 3.8) is 0 Å². The Morgan fingerprint density at radius 3 is 2.90 bits per heavy atom. The van der Waals surface area contributed by atoms with Gasteiger partial charge in [0, 0.05) is 5.56 Å². The predicted molar refractivity (Wildman–Crippen MR) is 74.9 cm³/mol. The Morgan fingerprint density at radius 1 is 1.50 bits per heavy atom. The van der Waals surface area contributed by atoms with Crippen LogP contribution in [-0.2, 0) is 4.79 Å². The number of hydrogen-bond acceptors (Lipinski definition) is 4. The number of nitrogens with zero attached hydrogens (tertiary/aromatic N) is 1. The minimum absolute atomic E-state index is 0.0359. The van der Waals surface area contributed by atoms with Gasteiger partial charge < -0.3 is 21.0 Å². The summed E-state index contributed by atoms with van der Waals surface area (Å²) in [6.07, 6.45) is 0.606. The van der Waals surface area contributed by atoms with E-state index in [0.717, 1.165) is 11.3 Å². The first kappa shape index (κ1) is 14.2. The zero-order valence-electron chi connectivity index (χ0n) is 11.6. The molecule has 20 heavy (non-hydrogen) atoms. The lowest BCUT2D eigenvalue weighted by atomic mass is 9.91. The van der Waals surface area contributed by atoms with Gasteiger partial charge in [0.2, 0.25) is 5.91 Å². The fourth-order valence-corrected chi connectivity index (χ4v) is 2.20. The maximum Gasteiger partial charge on any atom is 0.228 e. The van der Waals surface area contributed by atoms with Gasteiger partial charge in [-0.3, -0.25) is 4.79 Å². The van der Waals surface area contributed by atoms with Crippen LogP contribution in [0.15, 0.2) is 29.4 Å². The van der Waals surface area contributed by atoms with Gasteiger partial charge in [0.15, 0.2) is 5.84 Å². The van der Waals surface area contributed by atoms with E-state index in [9.17, 15) is 4.79 Å². The average molecular weight is 277 g/mol. The molecular weight excluding hydrogens is 258 g/mol. The third kappa shape index (κ3) is 2.68. The number of oxime groups is 1. The molecule has 4 N–H and O–H groups in total. The van der Waals surface area contributed by atoms with Gasteiger partial charge in [-0.2, -0.15) is 0 Å². The summed E-state index contributed by atoms with van der Waals surface area (Å²) in [5, 5.41) is 14.5. The summed E-state index contributed by atoms with van der Waals surface area (Å²) < 4.78 is 5.53. The highest BCUT2D eigenvalue weighted by Gasteiger charge is 2.32. The number of rotatable bonds is 3. The highest BCUT2D eigenvalue weighted by molar-refractivity contribution is 5.95. The van der Waals surface area contributed by atoms with Crippen molar-refractivity contribution in [2.75, 3.05) is 6.61 Å². The van der Waals surface area contributed by atoms with Crippen molar-refractivity contribution in [3.8, 4) is 5.75 Å². The molecular formula is C14H19N3O3. The molecule has 0 aromatic heterocycles. The quantitative estimate of drug-likeness (QED) is 0.334. The number of hydrogen-bond donors (Lipinski definition) is 3. The van der Waals surface area contributed by atoms with E-state index in [1.807, 2.05) is 24.3 Å². The van der Waals surface area contributed by atoms with E-state index in [-0.39, 0.29) is 17.7 Å². The largest absolute Gasteiger partial charge is 0.493 e. The van der Waals surface area contributed by atoms with Crippen LogP contribution in [0.4, 0.5) is 0 Å². The Hall–Kier alpha value is -2.24. The minimum Gasteiger partial charge on any atom is -0.493 e. The molecule has 0 bridgehead atoms. The van der Waals surface area contributed by atoms with Crippen molar-refractivity contribution >= 4 is 11.7 Å². The molecule has 1 amide bonds. The molecule has 2 rings (SSSR count). The monoisotopic (exact) mass is 277 g/mol. The Labute approximate surface area is 117 Å². The average Bonchev–Trinajstić information content (AvgIpc) is 2.45. The molecule has 1 atom stereocenters. The van der Waals surface area contributed by atoms with Crippen LogP contribution in [0.1, 0.15) is 31.7 Å². The molecule has 1 heterocycles. The van der Waals surface area contributed by atoms with E-state index in [1.165, 1.54) is 0 Å². The highest BCUT2D eigenvalue weighted by atomic mass is 16.5. The molecule has 6 heteroatoms. The summed E-state index contributed by atoms with van der Waals surface area (Å²) in [6.45, 7) is 3.87. The summed E-state index contributed by atoms with van der Waals surface area (Å²) in [7, 11) is 0. The third-order valence-electron chi connectivity index (χ3n) is 3.46. The third-order valence-corrected chi connectivity index (χ3v) is 3.46. The van der Waals surface area contributed by atoms with Crippen LogP contribution >= 0.6 is 0 Å². The number of amides is 1. The van der Waals surface area contributed by atoms with Crippen molar-refractivity contribution in [2.24, 2.45) is 10.9 Å². The fraction of sp³-hybridized carbons (Fsp3) is 0.429. The van der Waals surface area contributed by atoms with Gasteiger partial charge in [-0.15, -0.1) is 0 Å². The number of carbonyl (C=O) groups excluding carboxylic acids is 1. The Bertz CT molecular complexity index is 540. The van der Waals surface area contributed by atoms with Crippen molar-refractivity contribution in [1.29, 1.82) is 0 Å². The number of benzene rings is 1. The molecule has 1 aliphatic heterocycles. The number of para-hydroxylation sites is 1. The van der Waals surface area contributed by atoms with Crippen LogP contribution in [0, 0.1) is 0 Å². The van der Waals surface area contributed by atoms with Crippen molar-refractivity contribution < 1.29 is 14.7 Å². The number of nitrogens with two attached hydrogens (primary N) is 1. The molecule has 1 unspecified atom stereocenters. The van der Waals surface area contributed by atoms with E-state index >= 15 is 0 Å². The van der Waals surface area contributed by atoms with E-state index in [2.05, 4.69) is 10.5 Å². The number of fused-ring (bicyclic) bond motifs is 1. The summed E-state index contributed by atoms with van der Waals surface area (Å²) >= 11 is 0. The molecule has 0 saturated carbocycles. The summed E-state index contributed by atoms with van der Waals surface area (Å²) in [4.78, 5) is 12.4. The molecule has 1 aliphatic rings. The first-order valence-corrected chi connectivity index (χ1v) is 6.47. The highest BCUT2D eigenvalue weighted by Crippen LogP contribution is 2.33. The van der Waals surface area contributed by atoms with Crippen LogP contribution < -0.4 is 15.8 Å². The summed E-state index contributed by atoms with van der Waals surface area (Å²) in [5.41, 5.74) is 5.55. The predicted octanol–water partition coefficient (Wildman–Crippen LogP) is 1.19. The Balaban J connectivity index is 2.19. The smallest absolute Gasteiger partial charge is 0.228 e. The maximum absolute atomic E-state index is 12.4. The number of carbonyl (C=O) groups is 1. The zero-order valence-corrected chi connectivity index (χ0v) is 11.6. The SMILES string of the molecule is CC(C)(NC(=O)C1CCOc2ccccc21)C(N)=NO. The number of ether oxygens (including phenoxy) is 1. The normalized spacial score (nSPS) is 18.9.